The molecule has 0 saturated carbocycles. The first-order valence-corrected chi connectivity index (χ1v) is 11.9. The van der Waals surface area contributed by atoms with Gasteiger partial charge in [0.15, 0.2) is 0 Å². The molecule has 0 bridgehead atoms. The average molecular weight is 499 g/mol. The van der Waals surface area contributed by atoms with Crippen molar-refractivity contribution in [1.29, 1.82) is 0 Å². The number of carbonyl (C=O) groups excluding carboxylic acids is 3. The molecule has 4 rings (SSSR count). The fourth-order valence-electron chi connectivity index (χ4n) is 4.09. The van der Waals surface area contributed by atoms with E-state index in [1.54, 1.807) is 30.1 Å². The summed E-state index contributed by atoms with van der Waals surface area (Å²) >= 11 is 0. The fraction of sp³-hybridized carbons (Fsp3) is 0.207. The number of amides is 2. The third-order valence-electron chi connectivity index (χ3n) is 6.17. The number of anilines is 3. The predicted octanol–water partition coefficient (Wildman–Crippen LogP) is 4.32. The number of ether oxygens (including phenoxy) is 1. The zero-order valence-corrected chi connectivity index (χ0v) is 21.4. The van der Waals surface area contributed by atoms with E-state index in [1.807, 2.05) is 73.6 Å². The van der Waals surface area contributed by atoms with Crippen molar-refractivity contribution < 1.29 is 19.1 Å². The number of benzene rings is 3. The summed E-state index contributed by atoms with van der Waals surface area (Å²) in [4.78, 5) is 41.2. The standard InChI is InChI=1S/C29H30N4O4/c1-32(2)17-16-25(34)33(3)22-13-11-21(12-14-22)30-27(19-8-6-5-7-9-19)26-23-15-10-20(29(36)37-4)18-24(23)31-28(26)35/h5-15,18,30H,16-17H2,1-4H3,(H,31,35)/b27-26+. The Morgan fingerprint density at radius 2 is 1.62 bits per heavy atom. The van der Waals surface area contributed by atoms with Gasteiger partial charge in [0.2, 0.25) is 5.91 Å². The number of nitrogens with zero attached hydrogens (tertiary/aromatic N) is 2. The van der Waals surface area contributed by atoms with Crippen LogP contribution in [-0.2, 0) is 14.3 Å². The van der Waals surface area contributed by atoms with E-state index in [-0.39, 0.29) is 11.8 Å². The Morgan fingerprint density at radius 3 is 2.27 bits per heavy atom. The second kappa shape index (κ2) is 11.1. The predicted molar refractivity (Wildman–Crippen MR) is 146 cm³/mol. The van der Waals surface area contributed by atoms with Crippen LogP contribution in [0.5, 0.6) is 0 Å². The Morgan fingerprint density at radius 1 is 0.919 bits per heavy atom. The highest BCUT2D eigenvalue weighted by molar-refractivity contribution is 6.37. The van der Waals surface area contributed by atoms with Gasteiger partial charge in [-0.15, -0.1) is 0 Å². The maximum Gasteiger partial charge on any atom is 0.337 e. The van der Waals surface area contributed by atoms with Crippen LogP contribution in [0.2, 0.25) is 0 Å². The summed E-state index contributed by atoms with van der Waals surface area (Å²) in [5.74, 6) is -0.709. The van der Waals surface area contributed by atoms with Gasteiger partial charge in [0.05, 0.1) is 29.6 Å². The zero-order valence-electron chi connectivity index (χ0n) is 21.4. The van der Waals surface area contributed by atoms with E-state index in [1.165, 1.54) is 7.11 Å². The van der Waals surface area contributed by atoms with Crippen LogP contribution < -0.4 is 15.5 Å². The summed E-state index contributed by atoms with van der Waals surface area (Å²) in [5, 5.41) is 6.28. The molecule has 8 nitrogen and oxygen atoms in total. The highest BCUT2D eigenvalue weighted by Crippen LogP contribution is 2.38. The molecule has 0 unspecified atom stereocenters. The first kappa shape index (κ1) is 25.7. The third kappa shape index (κ3) is 5.70. The number of hydrogen-bond donors (Lipinski definition) is 2. The number of hydrogen-bond acceptors (Lipinski definition) is 6. The molecule has 1 aliphatic rings. The molecule has 0 radical (unpaired) electrons. The normalized spacial score (nSPS) is 13.6. The van der Waals surface area contributed by atoms with Crippen LogP contribution >= 0.6 is 0 Å². The van der Waals surface area contributed by atoms with Gasteiger partial charge in [0, 0.05) is 37.0 Å². The maximum absolute atomic E-state index is 13.1. The van der Waals surface area contributed by atoms with Crippen molar-refractivity contribution in [3.05, 3.63) is 89.5 Å². The summed E-state index contributed by atoms with van der Waals surface area (Å²) in [5.41, 5.74) is 5.07. The molecule has 0 saturated heterocycles. The van der Waals surface area contributed by atoms with Crippen LogP contribution in [0, 0.1) is 0 Å². The molecule has 0 spiro atoms. The Balaban J connectivity index is 1.67. The molecule has 2 amide bonds. The van der Waals surface area contributed by atoms with Crippen molar-refractivity contribution in [2.45, 2.75) is 6.42 Å². The highest BCUT2D eigenvalue weighted by Gasteiger charge is 2.29. The monoisotopic (exact) mass is 498 g/mol. The first-order chi connectivity index (χ1) is 17.8. The van der Waals surface area contributed by atoms with Gasteiger partial charge in [-0.05, 0) is 56.1 Å². The summed E-state index contributed by atoms with van der Waals surface area (Å²) in [6, 6.07) is 22.1. The van der Waals surface area contributed by atoms with Crippen molar-refractivity contribution in [1.82, 2.24) is 4.90 Å². The lowest BCUT2D eigenvalue weighted by atomic mass is 9.99. The number of rotatable bonds is 8. The number of fused-ring (bicyclic) bond motifs is 1. The quantitative estimate of drug-likeness (QED) is 0.355. The van der Waals surface area contributed by atoms with Crippen LogP contribution in [0.3, 0.4) is 0 Å². The lowest BCUT2D eigenvalue weighted by molar-refractivity contribution is -0.118. The van der Waals surface area contributed by atoms with E-state index >= 15 is 0 Å². The van der Waals surface area contributed by atoms with Gasteiger partial charge in [-0.25, -0.2) is 4.79 Å². The smallest absolute Gasteiger partial charge is 0.337 e. The molecule has 3 aromatic rings. The molecule has 37 heavy (non-hydrogen) atoms. The van der Waals surface area contributed by atoms with Crippen LogP contribution in [0.4, 0.5) is 17.1 Å². The lowest BCUT2D eigenvalue weighted by Gasteiger charge is -2.20. The van der Waals surface area contributed by atoms with Crippen LogP contribution in [0.1, 0.15) is 27.9 Å². The number of esters is 1. The minimum atomic E-state index is -0.471. The number of methoxy groups -OCH3 is 1. The molecule has 0 atom stereocenters. The van der Waals surface area contributed by atoms with Crippen LogP contribution in [-0.4, -0.2) is 57.5 Å². The molecule has 3 aromatic carbocycles. The first-order valence-electron chi connectivity index (χ1n) is 11.9. The minimum absolute atomic E-state index is 0.0343. The van der Waals surface area contributed by atoms with Gasteiger partial charge in [-0.2, -0.15) is 0 Å². The number of nitrogens with one attached hydrogen (secondary N) is 2. The Bertz CT molecular complexity index is 1350. The summed E-state index contributed by atoms with van der Waals surface area (Å²) in [6.45, 7) is 0.682. The van der Waals surface area contributed by atoms with Crippen LogP contribution in [0.25, 0.3) is 11.3 Å². The SMILES string of the molecule is COC(=O)c1ccc2c(c1)NC(=O)/C2=C(/Nc1ccc(N(C)C(=O)CCN(C)C)cc1)c1ccccc1. The van der Waals surface area contributed by atoms with E-state index < -0.39 is 5.97 Å². The molecule has 1 heterocycles. The van der Waals surface area contributed by atoms with Gasteiger partial charge < -0.3 is 25.2 Å². The third-order valence-corrected chi connectivity index (χ3v) is 6.17. The van der Waals surface area contributed by atoms with E-state index in [2.05, 4.69) is 10.6 Å². The van der Waals surface area contributed by atoms with E-state index in [0.717, 1.165) is 16.9 Å². The molecule has 190 valence electrons. The van der Waals surface area contributed by atoms with Gasteiger partial charge in [-0.1, -0.05) is 36.4 Å². The highest BCUT2D eigenvalue weighted by atomic mass is 16.5. The summed E-state index contributed by atoms with van der Waals surface area (Å²) in [6.07, 6.45) is 0.431. The second-order valence-electron chi connectivity index (χ2n) is 9.00. The Kier molecular flexibility index (Phi) is 7.69. The van der Waals surface area contributed by atoms with Crippen molar-refractivity contribution in [2.75, 3.05) is 50.3 Å². The van der Waals surface area contributed by atoms with Gasteiger partial charge in [0.25, 0.3) is 5.91 Å². The molecule has 2 N–H and O–H groups in total. The fourth-order valence-corrected chi connectivity index (χ4v) is 4.09. The van der Waals surface area contributed by atoms with Crippen molar-refractivity contribution in [3.63, 3.8) is 0 Å². The van der Waals surface area contributed by atoms with Crippen molar-refractivity contribution in [2.24, 2.45) is 0 Å². The molecular formula is C29H30N4O4. The molecule has 8 heteroatoms. The Hall–Kier alpha value is -4.43. The summed E-state index contributed by atoms with van der Waals surface area (Å²) < 4.78 is 4.81. The molecule has 0 aromatic heterocycles. The van der Waals surface area contributed by atoms with Crippen molar-refractivity contribution >= 4 is 46.1 Å². The van der Waals surface area contributed by atoms with Gasteiger partial charge in [0.1, 0.15) is 0 Å². The Labute approximate surface area is 216 Å². The average Bonchev–Trinajstić information content (AvgIpc) is 3.24. The number of carbonyl (C=O) groups is 3. The van der Waals surface area contributed by atoms with E-state index in [9.17, 15) is 14.4 Å². The van der Waals surface area contributed by atoms with E-state index in [4.69, 9.17) is 4.74 Å². The zero-order chi connectivity index (χ0) is 26.5. The molecule has 0 aliphatic carbocycles. The summed E-state index contributed by atoms with van der Waals surface area (Å²) in [7, 11) is 6.96. The molecular weight excluding hydrogens is 468 g/mol. The van der Waals surface area contributed by atoms with Gasteiger partial charge in [-0.3, -0.25) is 9.59 Å². The largest absolute Gasteiger partial charge is 0.465 e. The molecule has 1 aliphatic heterocycles. The molecule has 0 fully saturated rings. The van der Waals surface area contributed by atoms with Crippen molar-refractivity contribution in [3.8, 4) is 0 Å². The lowest BCUT2D eigenvalue weighted by Crippen LogP contribution is -2.29. The minimum Gasteiger partial charge on any atom is -0.465 e. The second-order valence-corrected chi connectivity index (χ2v) is 9.00. The van der Waals surface area contributed by atoms with Crippen LogP contribution in [0.15, 0.2) is 72.8 Å². The maximum atomic E-state index is 13.1. The topological polar surface area (TPSA) is 91.0 Å². The van der Waals surface area contributed by atoms with Gasteiger partial charge >= 0.3 is 5.97 Å². The van der Waals surface area contributed by atoms with E-state index in [0.29, 0.717) is 41.1 Å².